The van der Waals surface area contributed by atoms with E-state index in [1.54, 1.807) is 7.11 Å². The van der Waals surface area contributed by atoms with E-state index in [2.05, 4.69) is 29.5 Å². The zero-order valence-electron chi connectivity index (χ0n) is 9.20. The Kier molecular flexibility index (Phi) is 6.02. The first-order valence-corrected chi connectivity index (χ1v) is 6.55. The normalized spacial score (nSPS) is 12.5. The fraction of sp³-hybridized carbons (Fsp3) is 0.500. The van der Waals surface area contributed by atoms with E-state index in [1.165, 1.54) is 5.56 Å². The second-order valence-corrected chi connectivity index (χ2v) is 4.50. The van der Waals surface area contributed by atoms with Crippen molar-refractivity contribution in [1.29, 1.82) is 0 Å². The molecule has 0 radical (unpaired) electrons. The molecule has 0 aromatic heterocycles. The van der Waals surface area contributed by atoms with Crippen LogP contribution in [0.3, 0.4) is 0 Å². The lowest BCUT2D eigenvalue weighted by molar-refractivity contribution is 0.0989. The van der Waals surface area contributed by atoms with E-state index in [9.17, 15) is 0 Å². The Morgan fingerprint density at radius 3 is 2.47 bits per heavy atom. The summed E-state index contributed by atoms with van der Waals surface area (Å²) >= 11 is 2.38. The SMILES string of the molecule is COc1ccc(COCC(C)CI)cc1. The lowest BCUT2D eigenvalue weighted by atomic mass is 10.2. The largest absolute Gasteiger partial charge is 0.497 e. The van der Waals surface area contributed by atoms with Crippen LogP contribution in [-0.2, 0) is 11.3 Å². The van der Waals surface area contributed by atoms with Gasteiger partial charge in [0.1, 0.15) is 5.75 Å². The molecule has 0 heterocycles. The first-order chi connectivity index (χ1) is 7.26. The molecule has 15 heavy (non-hydrogen) atoms. The topological polar surface area (TPSA) is 18.5 Å². The van der Waals surface area contributed by atoms with Gasteiger partial charge in [0.15, 0.2) is 0 Å². The summed E-state index contributed by atoms with van der Waals surface area (Å²) in [6.07, 6.45) is 0. The molecule has 1 unspecified atom stereocenters. The van der Waals surface area contributed by atoms with Crippen molar-refractivity contribution in [1.82, 2.24) is 0 Å². The summed E-state index contributed by atoms with van der Waals surface area (Å²) in [5.74, 6) is 1.52. The molecule has 0 amide bonds. The molecule has 3 heteroatoms. The molecular weight excluding hydrogens is 303 g/mol. The number of methoxy groups -OCH3 is 1. The number of hydrogen-bond acceptors (Lipinski definition) is 2. The minimum atomic E-state index is 0.629. The van der Waals surface area contributed by atoms with E-state index < -0.39 is 0 Å². The Morgan fingerprint density at radius 2 is 1.93 bits per heavy atom. The molecule has 84 valence electrons. The molecule has 0 saturated heterocycles. The van der Waals surface area contributed by atoms with Crippen LogP contribution in [0.5, 0.6) is 5.75 Å². The van der Waals surface area contributed by atoms with Crippen LogP contribution in [0.4, 0.5) is 0 Å². The molecule has 0 saturated carbocycles. The summed E-state index contributed by atoms with van der Waals surface area (Å²) in [5, 5.41) is 0. The fourth-order valence-electron chi connectivity index (χ4n) is 1.14. The van der Waals surface area contributed by atoms with Gasteiger partial charge in [-0.25, -0.2) is 0 Å². The molecule has 1 aromatic rings. The summed E-state index contributed by atoms with van der Waals surface area (Å²) in [6.45, 7) is 3.71. The molecule has 0 fully saturated rings. The Bertz CT molecular complexity index is 271. The minimum absolute atomic E-state index is 0.629. The van der Waals surface area contributed by atoms with Gasteiger partial charge in [-0.05, 0) is 23.6 Å². The van der Waals surface area contributed by atoms with Gasteiger partial charge in [-0.15, -0.1) is 0 Å². The van der Waals surface area contributed by atoms with Crippen LogP contribution in [-0.4, -0.2) is 18.1 Å². The van der Waals surface area contributed by atoms with Gasteiger partial charge in [0.05, 0.1) is 20.3 Å². The molecule has 0 aliphatic rings. The van der Waals surface area contributed by atoms with Crippen LogP contribution < -0.4 is 4.74 Å². The van der Waals surface area contributed by atoms with Crippen molar-refractivity contribution in [2.24, 2.45) is 5.92 Å². The number of halogens is 1. The molecule has 0 aliphatic carbocycles. The molecule has 1 rings (SSSR count). The highest BCUT2D eigenvalue weighted by atomic mass is 127. The maximum Gasteiger partial charge on any atom is 0.118 e. The summed E-state index contributed by atoms with van der Waals surface area (Å²) in [7, 11) is 1.67. The predicted octanol–water partition coefficient (Wildman–Crippen LogP) is 3.28. The third-order valence-electron chi connectivity index (χ3n) is 2.09. The van der Waals surface area contributed by atoms with Gasteiger partial charge >= 0.3 is 0 Å². The number of alkyl halides is 1. The molecule has 0 N–H and O–H groups in total. The van der Waals surface area contributed by atoms with Crippen molar-refractivity contribution in [2.75, 3.05) is 18.1 Å². The third-order valence-corrected chi connectivity index (χ3v) is 3.60. The second kappa shape index (κ2) is 7.06. The minimum Gasteiger partial charge on any atom is -0.497 e. The van der Waals surface area contributed by atoms with E-state index >= 15 is 0 Å². The first-order valence-electron chi connectivity index (χ1n) is 5.03. The zero-order chi connectivity index (χ0) is 11.1. The Morgan fingerprint density at radius 1 is 1.27 bits per heavy atom. The quantitative estimate of drug-likeness (QED) is 0.591. The van der Waals surface area contributed by atoms with Crippen LogP contribution in [0, 0.1) is 5.92 Å². The standard InChI is InChI=1S/C12H17IO2/c1-10(7-13)8-15-9-11-3-5-12(14-2)6-4-11/h3-6,10H,7-9H2,1-2H3. The highest BCUT2D eigenvalue weighted by Crippen LogP contribution is 2.12. The smallest absolute Gasteiger partial charge is 0.118 e. The summed E-state index contributed by atoms with van der Waals surface area (Å²) < 4.78 is 11.8. The van der Waals surface area contributed by atoms with E-state index in [-0.39, 0.29) is 0 Å². The molecule has 1 aromatic carbocycles. The number of ether oxygens (including phenoxy) is 2. The van der Waals surface area contributed by atoms with E-state index in [4.69, 9.17) is 9.47 Å². The summed E-state index contributed by atoms with van der Waals surface area (Å²) in [4.78, 5) is 0. The van der Waals surface area contributed by atoms with Gasteiger partial charge in [0.2, 0.25) is 0 Å². The molecule has 0 aliphatic heterocycles. The molecule has 0 bridgehead atoms. The molecule has 1 atom stereocenters. The van der Waals surface area contributed by atoms with Crippen LogP contribution in [0.15, 0.2) is 24.3 Å². The van der Waals surface area contributed by atoms with Crippen LogP contribution in [0.2, 0.25) is 0 Å². The average Bonchev–Trinajstić information content (AvgIpc) is 2.29. The fourth-order valence-corrected chi connectivity index (χ4v) is 1.40. The second-order valence-electron chi connectivity index (χ2n) is 3.62. The van der Waals surface area contributed by atoms with Gasteiger partial charge in [-0.3, -0.25) is 0 Å². The van der Waals surface area contributed by atoms with Gasteiger partial charge in [0, 0.05) is 4.43 Å². The Labute approximate surface area is 105 Å². The Hall–Kier alpha value is -0.290. The van der Waals surface area contributed by atoms with Gasteiger partial charge in [-0.2, -0.15) is 0 Å². The zero-order valence-corrected chi connectivity index (χ0v) is 11.4. The van der Waals surface area contributed by atoms with Gasteiger partial charge in [-0.1, -0.05) is 41.6 Å². The van der Waals surface area contributed by atoms with Crippen LogP contribution in [0.25, 0.3) is 0 Å². The van der Waals surface area contributed by atoms with E-state index in [0.29, 0.717) is 12.5 Å². The van der Waals surface area contributed by atoms with Crippen LogP contribution >= 0.6 is 22.6 Å². The van der Waals surface area contributed by atoms with Crippen molar-refractivity contribution < 1.29 is 9.47 Å². The number of benzene rings is 1. The summed E-state index contributed by atoms with van der Waals surface area (Å²) in [5.41, 5.74) is 1.19. The lowest BCUT2D eigenvalue weighted by Gasteiger charge is -2.09. The maximum atomic E-state index is 5.60. The van der Waals surface area contributed by atoms with E-state index in [1.807, 2.05) is 24.3 Å². The lowest BCUT2D eigenvalue weighted by Crippen LogP contribution is -2.06. The van der Waals surface area contributed by atoms with Gasteiger partial charge < -0.3 is 9.47 Å². The van der Waals surface area contributed by atoms with Crippen molar-refractivity contribution in [2.45, 2.75) is 13.5 Å². The van der Waals surface area contributed by atoms with Crippen molar-refractivity contribution >= 4 is 22.6 Å². The number of rotatable bonds is 6. The number of hydrogen-bond donors (Lipinski definition) is 0. The monoisotopic (exact) mass is 320 g/mol. The highest BCUT2D eigenvalue weighted by molar-refractivity contribution is 14.1. The van der Waals surface area contributed by atoms with Crippen molar-refractivity contribution in [3.05, 3.63) is 29.8 Å². The van der Waals surface area contributed by atoms with Crippen LogP contribution in [0.1, 0.15) is 12.5 Å². The maximum absolute atomic E-state index is 5.60. The third kappa shape index (κ3) is 4.84. The Balaban J connectivity index is 2.31. The predicted molar refractivity (Wildman–Crippen MR) is 70.7 cm³/mol. The van der Waals surface area contributed by atoms with Gasteiger partial charge in [0.25, 0.3) is 0 Å². The molecule has 0 spiro atoms. The first kappa shape index (κ1) is 12.8. The average molecular weight is 320 g/mol. The molecular formula is C12H17IO2. The molecule has 2 nitrogen and oxygen atoms in total. The van der Waals surface area contributed by atoms with Crippen molar-refractivity contribution in [3.8, 4) is 5.75 Å². The highest BCUT2D eigenvalue weighted by Gasteiger charge is 2.00. The van der Waals surface area contributed by atoms with Crippen molar-refractivity contribution in [3.63, 3.8) is 0 Å². The summed E-state index contributed by atoms with van der Waals surface area (Å²) in [6, 6.07) is 7.99. The van der Waals surface area contributed by atoms with E-state index in [0.717, 1.165) is 16.8 Å².